The van der Waals surface area contributed by atoms with Gasteiger partial charge in [-0.3, -0.25) is 0 Å². The van der Waals surface area contributed by atoms with Crippen LogP contribution in [0.5, 0.6) is 0 Å². The van der Waals surface area contributed by atoms with Crippen LogP contribution in [0.1, 0.15) is 29.6 Å². The third kappa shape index (κ3) is 3.66. The normalized spacial score (nSPS) is 15.5. The first-order chi connectivity index (χ1) is 10.5. The number of aromatic carboxylic acids is 1. The number of nitrogens with zero attached hydrogens (tertiary/aromatic N) is 1. The molecule has 0 saturated carbocycles. The molecule has 1 heterocycles. The van der Waals surface area contributed by atoms with Crippen molar-refractivity contribution in [2.75, 3.05) is 24.5 Å². The zero-order chi connectivity index (χ0) is 16.2. The number of hydrogen-bond acceptors (Lipinski definition) is 4. The van der Waals surface area contributed by atoms with E-state index in [0.29, 0.717) is 5.69 Å². The van der Waals surface area contributed by atoms with E-state index in [2.05, 4.69) is 11.3 Å². The first-order valence-corrected chi connectivity index (χ1v) is 8.67. The number of carboxylic acid groups (broad SMARTS) is 1. The zero-order valence-corrected chi connectivity index (χ0v) is 13.1. The SMILES string of the molecule is C=CCNS(=O)(=O)c1ccc(N2CCCCC2)c(C(=O)O)c1. The van der Waals surface area contributed by atoms with Crippen LogP contribution < -0.4 is 9.62 Å². The molecule has 6 nitrogen and oxygen atoms in total. The summed E-state index contributed by atoms with van der Waals surface area (Å²) in [7, 11) is -3.73. The average Bonchev–Trinajstić information content (AvgIpc) is 2.53. The summed E-state index contributed by atoms with van der Waals surface area (Å²) in [5, 5.41) is 9.40. The van der Waals surface area contributed by atoms with Crippen molar-refractivity contribution < 1.29 is 18.3 Å². The van der Waals surface area contributed by atoms with Crippen LogP contribution in [0.25, 0.3) is 0 Å². The Bertz CT molecular complexity index is 664. The second-order valence-corrected chi connectivity index (χ2v) is 6.94. The number of nitrogens with one attached hydrogen (secondary N) is 1. The summed E-state index contributed by atoms with van der Waals surface area (Å²) < 4.78 is 26.5. The van der Waals surface area contributed by atoms with E-state index in [4.69, 9.17) is 0 Å². The van der Waals surface area contributed by atoms with E-state index in [1.165, 1.54) is 18.2 Å². The molecule has 1 aliphatic heterocycles. The number of piperidine rings is 1. The van der Waals surface area contributed by atoms with Crippen molar-refractivity contribution in [3.63, 3.8) is 0 Å². The predicted molar refractivity (Wildman–Crippen MR) is 84.9 cm³/mol. The molecule has 22 heavy (non-hydrogen) atoms. The molecule has 1 fully saturated rings. The molecule has 0 radical (unpaired) electrons. The van der Waals surface area contributed by atoms with Crippen LogP contribution in [0.15, 0.2) is 35.7 Å². The minimum absolute atomic E-state index is 0.0170. The van der Waals surface area contributed by atoms with Gasteiger partial charge in [0.15, 0.2) is 0 Å². The summed E-state index contributed by atoms with van der Waals surface area (Å²) in [5.74, 6) is -1.12. The van der Waals surface area contributed by atoms with Gasteiger partial charge < -0.3 is 10.0 Å². The van der Waals surface area contributed by atoms with E-state index in [0.717, 1.165) is 32.4 Å². The molecule has 0 amide bonds. The van der Waals surface area contributed by atoms with Crippen LogP contribution in [0.4, 0.5) is 5.69 Å². The Morgan fingerprint density at radius 1 is 1.32 bits per heavy atom. The van der Waals surface area contributed by atoms with Gasteiger partial charge in [-0.25, -0.2) is 17.9 Å². The molecule has 7 heteroatoms. The molecule has 0 unspecified atom stereocenters. The quantitative estimate of drug-likeness (QED) is 0.780. The van der Waals surface area contributed by atoms with Gasteiger partial charge in [-0.1, -0.05) is 6.08 Å². The number of benzene rings is 1. The van der Waals surface area contributed by atoms with Gasteiger partial charge in [0, 0.05) is 19.6 Å². The number of hydrogen-bond donors (Lipinski definition) is 2. The molecule has 1 aromatic rings. The summed E-state index contributed by atoms with van der Waals surface area (Å²) in [6, 6.07) is 4.25. The van der Waals surface area contributed by atoms with Crippen LogP contribution in [-0.2, 0) is 10.0 Å². The molecular formula is C15H20N2O4S. The van der Waals surface area contributed by atoms with Gasteiger partial charge in [-0.15, -0.1) is 6.58 Å². The summed E-state index contributed by atoms with van der Waals surface area (Å²) in [6.45, 7) is 5.13. The maximum atomic E-state index is 12.1. The second kappa shape index (κ2) is 6.93. The third-order valence-corrected chi connectivity index (χ3v) is 5.04. The smallest absolute Gasteiger partial charge is 0.337 e. The lowest BCUT2D eigenvalue weighted by Gasteiger charge is -2.30. The Morgan fingerprint density at radius 2 is 2.00 bits per heavy atom. The van der Waals surface area contributed by atoms with E-state index in [1.54, 1.807) is 6.07 Å². The monoisotopic (exact) mass is 324 g/mol. The molecule has 2 rings (SSSR count). The first-order valence-electron chi connectivity index (χ1n) is 7.18. The van der Waals surface area contributed by atoms with Gasteiger partial charge in [0.1, 0.15) is 0 Å². The number of anilines is 1. The standard InChI is InChI=1S/C15H20N2O4S/c1-2-8-16-22(20,21)12-6-7-14(13(11-12)15(18)19)17-9-4-3-5-10-17/h2,6-7,11,16H,1,3-5,8-10H2,(H,18,19). The fraction of sp³-hybridized carbons (Fsp3) is 0.400. The maximum absolute atomic E-state index is 12.1. The van der Waals surface area contributed by atoms with Gasteiger partial charge >= 0.3 is 5.97 Å². The van der Waals surface area contributed by atoms with Crippen LogP contribution in [0, 0.1) is 0 Å². The molecular weight excluding hydrogens is 304 g/mol. The lowest BCUT2D eigenvalue weighted by Crippen LogP contribution is -2.31. The molecule has 0 atom stereocenters. The van der Waals surface area contributed by atoms with Crippen LogP contribution in [-0.4, -0.2) is 39.1 Å². The Kier molecular flexibility index (Phi) is 5.20. The third-order valence-electron chi connectivity index (χ3n) is 3.62. The molecule has 0 aromatic heterocycles. The summed E-state index contributed by atoms with van der Waals surface area (Å²) >= 11 is 0. The van der Waals surface area contributed by atoms with Crippen molar-refractivity contribution in [2.45, 2.75) is 24.2 Å². The van der Waals surface area contributed by atoms with Crippen LogP contribution in [0.2, 0.25) is 0 Å². The van der Waals surface area contributed by atoms with Crippen molar-refractivity contribution in [2.24, 2.45) is 0 Å². The van der Waals surface area contributed by atoms with Gasteiger partial charge in [0.05, 0.1) is 16.1 Å². The highest BCUT2D eigenvalue weighted by atomic mass is 32.2. The van der Waals surface area contributed by atoms with Crippen molar-refractivity contribution in [1.82, 2.24) is 4.72 Å². The number of carbonyl (C=O) groups is 1. The highest BCUT2D eigenvalue weighted by molar-refractivity contribution is 7.89. The van der Waals surface area contributed by atoms with Gasteiger partial charge in [-0.2, -0.15) is 0 Å². The largest absolute Gasteiger partial charge is 0.478 e. The van der Waals surface area contributed by atoms with Crippen molar-refractivity contribution >= 4 is 21.7 Å². The number of sulfonamides is 1. The molecule has 0 spiro atoms. The lowest BCUT2D eigenvalue weighted by molar-refractivity contribution is 0.0697. The van der Waals surface area contributed by atoms with Gasteiger partial charge in [0.25, 0.3) is 0 Å². The molecule has 2 N–H and O–H groups in total. The molecule has 0 aliphatic carbocycles. The second-order valence-electron chi connectivity index (χ2n) is 5.17. The van der Waals surface area contributed by atoms with E-state index >= 15 is 0 Å². The molecule has 1 aromatic carbocycles. The highest BCUT2D eigenvalue weighted by Gasteiger charge is 2.22. The minimum atomic E-state index is -3.73. The van der Waals surface area contributed by atoms with Crippen molar-refractivity contribution in [3.8, 4) is 0 Å². The first kappa shape index (κ1) is 16.5. The van der Waals surface area contributed by atoms with Crippen LogP contribution >= 0.6 is 0 Å². The fourth-order valence-electron chi connectivity index (χ4n) is 2.52. The molecule has 1 saturated heterocycles. The van der Waals surface area contributed by atoms with E-state index in [1.807, 2.05) is 4.90 Å². The number of carboxylic acids is 1. The van der Waals surface area contributed by atoms with Gasteiger partial charge in [-0.05, 0) is 37.5 Å². The van der Waals surface area contributed by atoms with Gasteiger partial charge in [0.2, 0.25) is 10.0 Å². The van der Waals surface area contributed by atoms with Crippen LogP contribution in [0.3, 0.4) is 0 Å². The Balaban J connectivity index is 2.38. The highest BCUT2D eigenvalue weighted by Crippen LogP contribution is 2.27. The average molecular weight is 324 g/mol. The van der Waals surface area contributed by atoms with Crippen molar-refractivity contribution in [3.05, 3.63) is 36.4 Å². The predicted octanol–water partition coefficient (Wildman–Crippen LogP) is 1.84. The molecule has 1 aliphatic rings. The maximum Gasteiger partial charge on any atom is 0.337 e. The summed E-state index contributed by atoms with van der Waals surface area (Å²) in [6.07, 6.45) is 4.59. The molecule has 120 valence electrons. The Labute approximate surface area is 130 Å². The lowest BCUT2D eigenvalue weighted by atomic mass is 10.1. The number of rotatable bonds is 6. The Morgan fingerprint density at radius 3 is 2.59 bits per heavy atom. The Hall–Kier alpha value is -1.86. The topological polar surface area (TPSA) is 86.7 Å². The summed E-state index contributed by atoms with van der Waals surface area (Å²) in [4.78, 5) is 13.5. The summed E-state index contributed by atoms with van der Waals surface area (Å²) in [5.41, 5.74) is 0.596. The zero-order valence-electron chi connectivity index (χ0n) is 12.3. The minimum Gasteiger partial charge on any atom is -0.478 e. The van der Waals surface area contributed by atoms with E-state index in [-0.39, 0.29) is 17.0 Å². The molecule has 0 bridgehead atoms. The van der Waals surface area contributed by atoms with E-state index < -0.39 is 16.0 Å². The fourth-order valence-corrected chi connectivity index (χ4v) is 3.54. The van der Waals surface area contributed by atoms with Crippen molar-refractivity contribution in [1.29, 1.82) is 0 Å². The van der Waals surface area contributed by atoms with E-state index in [9.17, 15) is 18.3 Å².